The molecule has 2 N–H and O–H groups in total. The first-order valence-corrected chi connectivity index (χ1v) is 14.2. The molecule has 42 heavy (non-hydrogen) atoms. The zero-order valence-electron chi connectivity index (χ0n) is 25.9. The van der Waals surface area contributed by atoms with Crippen LogP contribution in [0.5, 0.6) is 0 Å². The van der Waals surface area contributed by atoms with Gasteiger partial charge < -0.3 is 15.5 Å². The van der Waals surface area contributed by atoms with Gasteiger partial charge >= 0.3 is 0 Å². The zero-order valence-corrected chi connectivity index (χ0v) is 25.9. The quantitative estimate of drug-likeness (QED) is 0.263. The number of hydrogen-bond donors (Lipinski definition) is 1. The summed E-state index contributed by atoms with van der Waals surface area (Å²) in [5, 5.41) is 5.34. The fourth-order valence-corrected chi connectivity index (χ4v) is 4.74. The number of hydrazine groups is 1. The minimum absolute atomic E-state index is 0.219. The van der Waals surface area contributed by atoms with E-state index in [1.807, 2.05) is 86.6 Å². The Hall–Kier alpha value is -4.01. The van der Waals surface area contributed by atoms with Gasteiger partial charge in [-0.1, -0.05) is 78.9 Å². The van der Waals surface area contributed by atoms with Gasteiger partial charge in [-0.3, -0.25) is 19.4 Å². The van der Waals surface area contributed by atoms with E-state index in [0.717, 1.165) is 21.9 Å². The predicted octanol–water partition coefficient (Wildman–Crippen LogP) is 3.90. The number of nitrogens with two attached hydrogens (primary N) is 1. The Morgan fingerprint density at radius 2 is 1.31 bits per heavy atom. The summed E-state index contributed by atoms with van der Waals surface area (Å²) >= 11 is 0. The summed E-state index contributed by atoms with van der Waals surface area (Å²) in [5.41, 5.74) is 7.48. The molecule has 2 atom stereocenters. The van der Waals surface area contributed by atoms with Crippen molar-refractivity contribution < 1.29 is 14.4 Å². The minimum Gasteiger partial charge on any atom is -0.332 e. The molecule has 0 spiro atoms. The average Bonchev–Trinajstić information content (AvgIpc) is 2.96. The van der Waals surface area contributed by atoms with E-state index in [2.05, 4.69) is 0 Å². The van der Waals surface area contributed by atoms with E-state index < -0.39 is 17.6 Å². The van der Waals surface area contributed by atoms with E-state index >= 15 is 0 Å². The summed E-state index contributed by atoms with van der Waals surface area (Å²) in [6.45, 7) is 3.78. The van der Waals surface area contributed by atoms with Crippen LogP contribution >= 0.6 is 0 Å². The molecule has 8 nitrogen and oxygen atoms in total. The molecule has 224 valence electrons. The standard InChI is InChI=1S/C34H45N5O3/c1-34(2,35)21-13-18-31(40)37(5)29(24-26-19-20-27-16-11-12-17-28(27)22-26)32(41)38(6)30(33(42)39(7)36(3)4)23-25-14-9-8-10-15-25/h8-20,22,29-30H,21,23-24,35H2,1-7H3/t29-,30-/m1/s1. The summed E-state index contributed by atoms with van der Waals surface area (Å²) in [4.78, 5) is 44.3. The van der Waals surface area contributed by atoms with Crippen molar-refractivity contribution in [3.05, 3.63) is 96.1 Å². The largest absolute Gasteiger partial charge is 0.332 e. The highest BCUT2D eigenvalue weighted by molar-refractivity contribution is 5.95. The second kappa shape index (κ2) is 14.2. The fourth-order valence-electron chi connectivity index (χ4n) is 4.74. The van der Waals surface area contributed by atoms with Crippen molar-refractivity contribution in [2.75, 3.05) is 35.2 Å². The van der Waals surface area contributed by atoms with Crippen LogP contribution in [0.1, 0.15) is 31.4 Å². The number of amides is 3. The Morgan fingerprint density at radius 3 is 1.93 bits per heavy atom. The van der Waals surface area contributed by atoms with E-state index in [9.17, 15) is 14.4 Å². The molecule has 3 aromatic rings. The maximum absolute atomic E-state index is 14.3. The van der Waals surface area contributed by atoms with Crippen LogP contribution in [0.25, 0.3) is 10.8 Å². The Morgan fingerprint density at radius 1 is 0.738 bits per heavy atom. The van der Waals surface area contributed by atoms with Gasteiger partial charge in [0.2, 0.25) is 11.8 Å². The topological polar surface area (TPSA) is 90.2 Å². The summed E-state index contributed by atoms with van der Waals surface area (Å²) in [7, 11) is 8.53. The maximum atomic E-state index is 14.3. The highest BCUT2D eigenvalue weighted by atomic mass is 16.2. The van der Waals surface area contributed by atoms with E-state index in [-0.39, 0.29) is 17.7 Å². The smallest absolute Gasteiger partial charge is 0.259 e. The van der Waals surface area contributed by atoms with Crippen LogP contribution in [0, 0.1) is 0 Å². The molecular weight excluding hydrogens is 526 g/mol. The van der Waals surface area contributed by atoms with Gasteiger partial charge in [0.05, 0.1) is 0 Å². The molecule has 0 aromatic heterocycles. The molecular formula is C34H45N5O3. The number of benzene rings is 3. The molecule has 0 aliphatic heterocycles. The average molecular weight is 572 g/mol. The minimum atomic E-state index is -0.838. The van der Waals surface area contributed by atoms with Crippen LogP contribution in [0.15, 0.2) is 84.9 Å². The number of nitrogens with zero attached hydrogens (tertiary/aromatic N) is 4. The fraction of sp³-hybridized carbons (Fsp3) is 0.382. The lowest BCUT2D eigenvalue weighted by Crippen LogP contribution is -2.57. The third-order valence-electron chi connectivity index (χ3n) is 7.54. The number of fused-ring (bicyclic) bond motifs is 1. The van der Waals surface area contributed by atoms with E-state index in [1.165, 1.54) is 20.9 Å². The number of hydrogen-bond acceptors (Lipinski definition) is 5. The van der Waals surface area contributed by atoms with Crippen molar-refractivity contribution >= 4 is 28.5 Å². The van der Waals surface area contributed by atoms with E-state index in [4.69, 9.17) is 5.73 Å². The van der Waals surface area contributed by atoms with Gasteiger partial charge in [-0.2, -0.15) is 0 Å². The molecule has 0 bridgehead atoms. The summed E-state index contributed by atoms with van der Waals surface area (Å²) in [6.07, 6.45) is 4.37. The Labute approximate surface area is 250 Å². The first-order valence-electron chi connectivity index (χ1n) is 14.2. The third kappa shape index (κ3) is 8.74. The van der Waals surface area contributed by atoms with Gasteiger partial charge in [0.1, 0.15) is 12.1 Å². The van der Waals surface area contributed by atoms with Gasteiger partial charge in [0.15, 0.2) is 0 Å². The molecule has 3 amide bonds. The second-order valence-electron chi connectivity index (χ2n) is 11.8. The molecule has 3 aromatic carbocycles. The normalized spacial score (nSPS) is 13.3. The Bertz CT molecular complexity index is 1400. The number of carbonyl (C=O) groups excluding carboxylic acids is 3. The van der Waals surface area contributed by atoms with E-state index in [1.54, 1.807) is 46.3 Å². The van der Waals surface area contributed by atoms with Gasteiger partial charge in [-0.25, -0.2) is 5.01 Å². The van der Waals surface area contributed by atoms with Gasteiger partial charge in [0, 0.05) is 53.6 Å². The second-order valence-corrected chi connectivity index (χ2v) is 11.8. The number of likely N-dealkylation sites (N-methyl/N-ethyl adjacent to an activating group) is 3. The van der Waals surface area contributed by atoms with Crippen molar-refractivity contribution in [1.29, 1.82) is 0 Å². The van der Waals surface area contributed by atoms with E-state index in [0.29, 0.717) is 19.3 Å². The van der Waals surface area contributed by atoms with Gasteiger partial charge in [-0.05, 0) is 48.2 Å². The maximum Gasteiger partial charge on any atom is 0.259 e. The SMILES string of the molecule is CN(C(=O)C=CCC(C)(C)N)[C@H](Cc1ccc2ccccc2c1)C(=O)N(C)[C@H](Cc1ccccc1)C(=O)N(C)N(C)C. The lowest BCUT2D eigenvalue weighted by Gasteiger charge is -2.37. The molecule has 0 aliphatic carbocycles. The molecule has 0 radical (unpaired) electrons. The van der Waals surface area contributed by atoms with Crippen molar-refractivity contribution in [1.82, 2.24) is 19.8 Å². The van der Waals surface area contributed by atoms with Crippen LogP contribution in [0.4, 0.5) is 0 Å². The molecule has 0 heterocycles. The molecule has 8 heteroatoms. The van der Waals surface area contributed by atoms with Crippen molar-refractivity contribution in [3.63, 3.8) is 0 Å². The van der Waals surface area contributed by atoms with Crippen LogP contribution in [-0.2, 0) is 27.2 Å². The van der Waals surface area contributed by atoms with Crippen LogP contribution in [0.2, 0.25) is 0 Å². The highest BCUT2D eigenvalue weighted by Crippen LogP contribution is 2.20. The number of carbonyl (C=O) groups is 3. The first-order chi connectivity index (χ1) is 19.8. The summed E-state index contributed by atoms with van der Waals surface area (Å²) < 4.78 is 0. The monoisotopic (exact) mass is 571 g/mol. The zero-order chi connectivity index (χ0) is 31.0. The van der Waals surface area contributed by atoms with Crippen molar-refractivity contribution in [2.24, 2.45) is 5.73 Å². The molecule has 0 saturated heterocycles. The first kappa shape index (κ1) is 32.5. The number of rotatable bonds is 12. The van der Waals surface area contributed by atoms with Crippen LogP contribution in [-0.4, -0.2) is 90.4 Å². The Kier molecular flexibility index (Phi) is 11.0. The Balaban J connectivity index is 1.98. The molecule has 0 aliphatic rings. The molecule has 0 unspecified atom stereocenters. The molecule has 3 rings (SSSR count). The van der Waals surface area contributed by atoms with Crippen LogP contribution in [0.3, 0.4) is 0 Å². The van der Waals surface area contributed by atoms with Gasteiger partial charge in [-0.15, -0.1) is 0 Å². The summed E-state index contributed by atoms with van der Waals surface area (Å²) in [6, 6.07) is 22.1. The third-order valence-corrected chi connectivity index (χ3v) is 7.54. The lowest BCUT2D eigenvalue weighted by molar-refractivity contribution is -0.154. The molecule has 0 fully saturated rings. The van der Waals surface area contributed by atoms with Crippen molar-refractivity contribution in [2.45, 2.75) is 50.7 Å². The predicted molar refractivity (Wildman–Crippen MR) is 169 cm³/mol. The lowest BCUT2D eigenvalue weighted by atomic mass is 9.98. The molecule has 0 saturated carbocycles. The van der Waals surface area contributed by atoms with Gasteiger partial charge in [0.25, 0.3) is 5.91 Å². The van der Waals surface area contributed by atoms with Crippen LogP contribution < -0.4 is 5.73 Å². The summed E-state index contributed by atoms with van der Waals surface area (Å²) in [5.74, 6) is -0.834. The highest BCUT2D eigenvalue weighted by Gasteiger charge is 2.36. The van der Waals surface area contributed by atoms with Crippen molar-refractivity contribution in [3.8, 4) is 0 Å².